The Labute approximate surface area is 105 Å². The first kappa shape index (κ1) is 14.8. The maximum Gasteiger partial charge on any atom is 0.461 e. The van der Waals surface area contributed by atoms with Crippen LogP contribution in [0.2, 0.25) is 0 Å². The summed E-state index contributed by atoms with van der Waals surface area (Å²) in [5.74, 6) is 0.233. The van der Waals surface area contributed by atoms with Crippen LogP contribution in [-0.4, -0.2) is 24.6 Å². The lowest BCUT2D eigenvalue weighted by Gasteiger charge is -2.16. The van der Waals surface area contributed by atoms with Gasteiger partial charge in [-0.3, -0.25) is 0 Å². The molecule has 1 aromatic rings. The molecule has 0 radical (unpaired) electrons. The first-order valence-corrected chi connectivity index (χ1v) is 5.96. The Balaban J connectivity index is 2.57. The molecule has 0 fully saturated rings. The summed E-state index contributed by atoms with van der Waals surface area (Å²) < 4.78 is 52.8. The first-order valence-electron chi connectivity index (χ1n) is 4.97. The highest BCUT2D eigenvalue weighted by Gasteiger charge is 2.43. The van der Waals surface area contributed by atoms with E-state index in [0.717, 1.165) is 11.2 Å². The van der Waals surface area contributed by atoms with Crippen molar-refractivity contribution in [3.63, 3.8) is 0 Å². The minimum atomic E-state index is -4.49. The molecule has 0 amide bonds. The summed E-state index contributed by atoms with van der Waals surface area (Å²) in [6, 6.07) is 5.29. The van der Waals surface area contributed by atoms with Gasteiger partial charge in [-0.1, -0.05) is 0 Å². The zero-order valence-corrected chi connectivity index (χ0v) is 9.93. The first-order chi connectivity index (χ1) is 8.45. The number of carbonyl (C=O) groups excluding carboxylic acids is 1. The van der Waals surface area contributed by atoms with Crippen LogP contribution >= 0.6 is 11.8 Å². The van der Waals surface area contributed by atoms with Crippen LogP contribution in [0.1, 0.15) is 6.42 Å². The summed E-state index contributed by atoms with van der Waals surface area (Å²) >= 11 is 1.36. The van der Waals surface area contributed by atoms with Gasteiger partial charge >= 0.3 is 12.5 Å². The van der Waals surface area contributed by atoms with Crippen LogP contribution in [-0.2, 0) is 4.79 Å². The highest BCUT2D eigenvalue weighted by Crippen LogP contribution is 2.29. The van der Waals surface area contributed by atoms with Crippen molar-refractivity contribution in [2.45, 2.75) is 23.9 Å². The number of rotatable bonds is 7. The van der Waals surface area contributed by atoms with Crippen molar-refractivity contribution in [3.8, 4) is 5.75 Å². The molecule has 0 N–H and O–H groups in total. The van der Waals surface area contributed by atoms with Gasteiger partial charge in [0.05, 0.1) is 0 Å². The second-order valence-corrected chi connectivity index (χ2v) is 4.41. The third-order valence-corrected chi connectivity index (χ3v) is 2.88. The number of hydrogen-bond acceptors (Lipinski definition) is 3. The van der Waals surface area contributed by atoms with Gasteiger partial charge in [-0.05, 0) is 24.3 Å². The fourth-order valence-corrected chi connectivity index (χ4v) is 1.81. The molecule has 7 heteroatoms. The predicted octanol–water partition coefficient (Wildman–Crippen LogP) is 3.60. The molecule has 0 saturated heterocycles. The predicted molar refractivity (Wildman–Crippen MR) is 59.4 cm³/mol. The van der Waals surface area contributed by atoms with Crippen LogP contribution in [0, 0.1) is 0 Å². The maximum absolute atomic E-state index is 12.6. The van der Waals surface area contributed by atoms with E-state index in [9.17, 15) is 22.4 Å². The monoisotopic (exact) mass is 282 g/mol. The third-order valence-electron chi connectivity index (χ3n) is 1.84. The van der Waals surface area contributed by atoms with Gasteiger partial charge in [-0.15, -0.1) is 11.8 Å². The number of benzene rings is 1. The molecule has 0 aliphatic rings. The van der Waals surface area contributed by atoms with E-state index in [4.69, 9.17) is 0 Å². The van der Waals surface area contributed by atoms with Crippen molar-refractivity contribution >= 4 is 18.0 Å². The van der Waals surface area contributed by atoms with Crippen LogP contribution < -0.4 is 4.74 Å². The lowest BCUT2D eigenvalue weighted by molar-refractivity contribution is -0.253. The van der Waals surface area contributed by atoms with E-state index >= 15 is 0 Å². The molecule has 1 aromatic carbocycles. The van der Waals surface area contributed by atoms with Crippen LogP contribution in [0.15, 0.2) is 29.2 Å². The molecule has 100 valence electrons. The Morgan fingerprint density at radius 3 is 2.39 bits per heavy atom. The Bertz CT molecular complexity index is 381. The molecule has 0 aliphatic carbocycles. The second kappa shape index (κ2) is 6.63. The number of halogens is 4. The SMILES string of the molecule is O=CCCSc1ccc(OC(F)(F)C(F)F)cc1. The normalized spacial score (nSPS) is 11.6. The largest absolute Gasteiger partial charge is 0.461 e. The van der Waals surface area contributed by atoms with E-state index in [1.54, 1.807) is 0 Å². The molecular formula is C11H10F4O2S. The number of ether oxygens (including phenoxy) is 1. The fraction of sp³-hybridized carbons (Fsp3) is 0.364. The molecule has 1 rings (SSSR count). The van der Waals surface area contributed by atoms with Gasteiger partial charge < -0.3 is 9.53 Å². The maximum atomic E-state index is 12.6. The van der Waals surface area contributed by atoms with Gasteiger partial charge in [0.1, 0.15) is 12.0 Å². The molecule has 18 heavy (non-hydrogen) atoms. The van der Waals surface area contributed by atoms with E-state index in [2.05, 4.69) is 4.74 Å². The average molecular weight is 282 g/mol. The zero-order chi connectivity index (χ0) is 13.6. The Morgan fingerprint density at radius 2 is 1.89 bits per heavy atom. The van der Waals surface area contributed by atoms with Gasteiger partial charge in [0.15, 0.2) is 0 Å². The van der Waals surface area contributed by atoms with Gasteiger partial charge in [-0.25, -0.2) is 0 Å². The summed E-state index contributed by atoms with van der Waals surface area (Å²) in [6.45, 7) is 0. The van der Waals surface area contributed by atoms with Crippen LogP contribution in [0.4, 0.5) is 17.6 Å². The highest BCUT2D eigenvalue weighted by molar-refractivity contribution is 7.99. The smallest absolute Gasteiger partial charge is 0.428 e. The van der Waals surface area contributed by atoms with Crippen molar-refractivity contribution in [3.05, 3.63) is 24.3 Å². The van der Waals surface area contributed by atoms with E-state index in [1.807, 2.05) is 0 Å². The highest BCUT2D eigenvalue weighted by atomic mass is 32.2. The van der Waals surface area contributed by atoms with Gasteiger partial charge in [0, 0.05) is 17.1 Å². The van der Waals surface area contributed by atoms with E-state index < -0.39 is 12.5 Å². The lowest BCUT2D eigenvalue weighted by atomic mass is 10.3. The average Bonchev–Trinajstić information content (AvgIpc) is 2.31. The molecule has 0 atom stereocenters. The zero-order valence-electron chi connectivity index (χ0n) is 9.11. The number of aldehydes is 1. The van der Waals surface area contributed by atoms with E-state index in [-0.39, 0.29) is 5.75 Å². The number of thioether (sulfide) groups is 1. The van der Waals surface area contributed by atoms with E-state index in [1.165, 1.54) is 36.0 Å². The quantitative estimate of drug-likeness (QED) is 0.331. The summed E-state index contributed by atoms with van der Waals surface area (Å²) in [5, 5.41) is 0. The Morgan fingerprint density at radius 1 is 1.28 bits per heavy atom. The van der Waals surface area contributed by atoms with Crippen molar-refractivity contribution in [1.82, 2.24) is 0 Å². The summed E-state index contributed by atoms with van der Waals surface area (Å²) in [4.78, 5) is 10.8. The Kier molecular flexibility index (Phi) is 5.46. The summed E-state index contributed by atoms with van der Waals surface area (Å²) in [6.07, 6.45) is -7.22. The van der Waals surface area contributed by atoms with Crippen molar-refractivity contribution in [2.24, 2.45) is 0 Å². The minimum absolute atomic E-state index is 0.333. The lowest BCUT2D eigenvalue weighted by Crippen LogP contribution is -2.33. The molecule has 0 heterocycles. The summed E-state index contributed by atoms with van der Waals surface area (Å²) in [5.41, 5.74) is 0. The molecular weight excluding hydrogens is 272 g/mol. The van der Waals surface area contributed by atoms with Crippen LogP contribution in [0.25, 0.3) is 0 Å². The second-order valence-electron chi connectivity index (χ2n) is 3.24. The Hall–Kier alpha value is -1.24. The van der Waals surface area contributed by atoms with Crippen LogP contribution in [0.5, 0.6) is 5.75 Å². The minimum Gasteiger partial charge on any atom is -0.428 e. The number of carbonyl (C=O) groups is 1. The van der Waals surface area contributed by atoms with Crippen molar-refractivity contribution in [2.75, 3.05) is 5.75 Å². The molecule has 0 spiro atoms. The fourth-order valence-electron chi connectivity index (χ4n) is 1.03. The standard InChI is InChI=1S/C11H10F4O2S/c12-10(13)11(14,15)17-8-2-4-9(5-3-8)18-7-1-6-16/h2-6,10H,1,7H2. The summed E-state index contributed by atoms with van der Waals surface area (Å²) in [7, 11) is 0. The van der Waals surface area contributed by atoms with Crippen LogP contribution in [0.3, 0.4) is 0 Å². The molecule has 0 aliphatic heterocycles. The molecule has 0 saturated carbocycles. The molecule has 0 unspecified atom stereocenters. The van der Waals surface area contributed by atoms with Gasteiger partial charge in [0.25, 0.3) is 0 Å². The molecule has 2 nitrogen and oxygen atoms in total. The number of alkyl halides is 4. The third kappa shape index (κ3) is 4.56. The molecule has 0 bridgehead atoms. The van der Waals surface area contributed by atoms with Crippen molar-refractivity contribution < 1.29 is 27.1 Å². The topological polar surface area (TPSA) is 26.3 Å². The molecule has 0 aromatic heterocycles. The van der Waals surface area contributed by atoms with Crippen molar-refractivity contribution in [1.29, 1.82) is 0 Å². The van der Waals surface area contributed by atoms with E-state index in [0.29, 0.717) is 12.2 Å². The van der Waals surface area contributed by atoms with Gasteiger partial charge in [-0.2, -0.15) is 17.6 Å². The van der Waals surface area contributed by atoms with Gasteiger partial charge in [0.2, 0.25) is 0 Å². The number of hydrogen-bond donors (Lipinski definition) is 0.